The van der Waals surface area contributed by atoms with Gasteiger partial charge in [-0.25, -0.2) is 4.98 Å². The molecule has 1 amide bonds. The molecule has 0 fully saturated rings. The molecule has 2 N–H and O–H groups in total. The van der Waals surface area contributed by atoms with Crippen molar-refractivity contribution >= 4 is 23.3 Å². The summed E-state index contributed by atoms with van der Waals surface area (Å²) < 4.78 is 0. The van der Waals surface area contributed by atoms with Crippen molar-refractivity contribution in [2.75, 3.05) is 5.32 Å². The molecule has 0 unspecified atom stereocenters. The molecule has 2 aromatic heterocycles. The van der Waals surface area contributed by atoms with E-state index in [0.29, 0.717) is 16.7 Å². The molecule has 0 saturated heterocycles. The Balaban J connectivity index is 2.13. The summed E-state index contributed by atoms with van der Waals surface area (Å²) >= 11 is 5.68. The average molecular weight is 222 g/mol. The van der Waals surface area contributed by atoms with Crippen molar-refractivity contribution < 1.29 is 4.79 Å². The molecule has 0 bridgehead atoms. The van der Waals surface area contributed by atoms with Crippen LogP contribution in [0.25, 0.3) is 0 Å². The fraction of sp³-hybridized carbons (Fsp3) is 0. The van der Waals surface area contributed by atoms with Gasteiger partial charge in [0.05, 0.1) is 0 Å². The Morgan fingerprint density at radius 3 is 2.87 bits per heavy atom. The lowest BCUT2D eigenvalue weighted by atomic mass is 10.4. The number of H-pyrrole nitrogens is 1. The lowest BCUT2D eigenvalue weighted by Crippen LogP contribution is -2.13. The van der Waals surface area contributed by atoms with Crippen LogP contribution in [0.5, 0.6) is 0 Å². The summed E-state index contributed by atoms with van der Waals surface area (Å²) in [5.74, 6) is 0.192. The Bertz CT molecular complexity index is 467. The van der Waals surface area contributed by atoms with E-state index in [-0.39, 0.29) is 5.91 Å². The van der Waals surface area contributed by atoms with Crippen LogP contribution in [0.1, 0.15) is 10.5 Å². The number of hydrogen-bond donors (Lipinski definition) is 2. The Kier molecular flexibility index (Phi) is 2.69. The second-order valence-electron chi connectivity index (χ2n) is 2.88. The monoisotopic (exact) mass is 221 g/mol. The summed E-state index contributed by atoms with van der Waals surface area (Å²) in [7, 11) is 0. The van der Waals surface area contributed by atoms with Crippen LogP contribution in [0.2, 0.25) is 5.15 Å². The quantitative estimate of drug-likeness (QED) is 0.765. The number of halogens is 1. The van der Waals surface area contributed by atoms with Crippen molar-refractivity contribution in [3.63, 3.8) is 0 Å². The molecular weight excluding hydrogens is 214 g/mol. The van der Waals surface area contributed by atoms with Crippen LogP contribution in [0, 0.1) is 0 Å². The number of carbonyl (C=O) groups is 1. The highest BCUT2D eigenvalue weighted by Crippen LogP contribution is 2.10. The van der Waals surface area contributed by atoms with Crippen LogP contribution >= 0.6 is 11.6 Å². The third kappa shape index (κ3) is 2.35. The largest absolute Gasteiger partial charge is 0.357 e. The standard InChI is InChI=1S/C10H8ClN3O/c11-8-4-1-5-9(13-8)14-10(15)7-3-2-6-12-7/h1-6,12H,(H,13,14,15). The predicted octanol–water partition coefficient (Wildman–Crippen LogP) is 2.32. The summed E-state index contributed by atoms with van der Waals surface area (Å²) in [4.78, 5) is 18.3. The number of pyridine rings is 1. The van der Waals surface area contributed by atoms with Crippen molar-refractivity contribution in [1.82, 2.24) is 9.97 Å². The molecule has 0 atom stereocenters. The first kappa shape index (κ1) is 9.73. The Morgan fingerprint density at radius 1 is 1.33 bits per heavy atom. The van der Waals surface area contributed by atoms with Crippen LogP contribution < -0.4 is 5.32 Å². The zero-order valence-electron chi connectivity index (χ0n) is 7.70. The van der Waals surface area contributed by atoms with Crippen LogP contribution in [0.4, 0.5) is 5.82 Å². The van der Waals surface area contributed by atoms with E-state index in [9.17, 15) is 4.79 Å². The molecule has 0 saturated carbocycles. The zero-order chi connectivity index (χ0) is 10.7. The van der Waals surface area contributed by atoms with E-state index in [1.54, 1.807) is 36.5 Å². The van der Waals surface area contributed by atoms with Crippen LogP contribution in [0.3, 0.4) is 0 Å². The van der Waals surface area contributed by atoms with Gasteiger partial charge in [0.25, 0.3) is 5.91 Å². The first-order valence-electron chi connectivity index (χ1n) is 4.33. The minimum absolute atomic E-state index is 0.241. The fourth-order valence-corrected chi connectivity index (χ4v) is 1.30. The molecule has 5 heteroatoms. The average Bonchev–Trinajstić information content (AvgIpc) is 2.70. The van der Waals surface area contributed by atoms with Crippen molar-refractivity contribution in [3.8, 4) is 0 Å². The molecule has 0 spiro atoms. The van der Waals surface area contributed by atoms with Gasteiger partial charge < -0.3 is 10.3 Å². The molecule has 2 heterocycles. The molecule has 2 rings (SSSR count). The van der Waals surface area contributed by atoms with Gasteiger partial charge in [-0.3, -0.25) is 4.79 Å². The maximum Gasteiger partial charge on any atom is 0.273 e. The summed E-state index contributed by atoms with van der Waals surface area (Å²) in [5.41, 5.74) is 0.483. The third-order valence-electron chi connectivity index (χ3n) is 1.80. The van der Waals surface area contributed by atoms with Crippen molar-refractivity contribution in [2.24, 2.45) is 0 Å². The molecule has 76 valence electrons. The number of nitrogens with zero attached hydrogens (tertiary/aromatic N) is 1. The minimum Gasteiger partial charge on any atom is -0.357 e. The second kappa shape index (κ2) is 4.14. The Labute approximate surface area is 91.3 Å². The van der Waals surface area contributed by atoms with Crippen molar-refractivity contribution in [2.45, 2.75) is 0 Å². The highest BCUT2D eigenvalue weighted by atomic mass is 35.5. The van der Waals surface area contributed by atoms with Gasteiger partial charge >= 0.3 is 0 Å². The van der Waals surface area contributed by atoms with Gasteiger partial charge in [0, 0.05) is 6.20 Å². The third-order valence-corrected chi connectivity index (χ3v) is 2.01. The molecule has 15 heavy (non-hydrogen) atoms. The van der Waals surface area contributed by atoms with Gasteiger partial charge in [0.2, 0.25) is 0 Å². The van der Waals surface area contributed by atoms with E-state index in [1.165, 1.54) is 0 Å². The van der Waals surface area contributed by atoms with Crippen LogP contribution in [-0.2, 0) is 0 Å². The zero-order valence-corrected chi connectivity index (χ0v) is 8.45. The van der Waals surface area contributed by atoms with Gasteiger partial charge in [-0.1, -0.05) is 17.7 Å². The summed E-state index contributed by atoms with van der Waals surface area (Å²) in [6.45, 7) is 0. The number of anilines is 1. The van der Waals surface area contributed by atoms with Crippen LogP contribution in [-0.4, -0.2) is 15.9 Å². The molecule has 2 aromatic rings. The molecular formula is C10H8ClN3O. The number of nitrogens with one attached hydrogen (secondary N) is 2. The number of aromatic nitrogens is 2. The number of amides is 1. The predicted molar refractivity (Wildman–Crippen MR) is 58.0 cm³/mol. The maximum atomic E-state index is 11.6. The van der Waals surface area contributed by atoms with Gasteiger partial charge in [-0.2, -0.15) is 0 Å². The Hall–Kier alpha value is -1.81. The fourth-order valence-electron chi connectivity index (χ4n) is 1.13. The van der Waals surface area contributed by atoms with E-state index >= 15 is 0 Å². The van der Waals surface area contributed by atoms with Gasteiger partial charge in [-0.15, -0.1) is 0 Å². The molecule has 4 nitrogen and oxygen atoms in total. The lowest BCUT2D eigenvalue weighted by molar-refractivity contribution is 0.102. The van der Waals surface area contributed by atoms with Crippen molar-refractivity contribution in [1.29, 1.82) is 0 Å². The van der Waals surface area contributed by atoms with E-state index in [2.05, 4.69) is 15.3 Å². The summed E-state index contributed by atoms with van der Waals surface area (Å²) in [6.07, 6.45) is 1.68. The molecule has 0 aliphatic heterocycles. The van der Waals surface area contributed by atoms with Crippen molar-refractivity contribution in [3.05, 3.63) is 47.4 Å². The minimum atomic E-state index is -0.241. The molecule has 0 aliphatic rings. The van der Waals surface area contributed by atoms with Gasteiger partial charge in [0.15, 0.2) is 0 Å². The smallest absolute Gasteiger partial charge is 0.273 e. The lowest BCUT2D eigenvalue weighted by Gasteiger charge is -2.02. The number of aromatic amines is 1. The van der Waals surface area contributed by atoms with Crippen LogP contribution in [0.15, 0.2) is 36.5 Å². The van der Waals surface area contributed by atoms with E-state index in [1.807, 2.05) is 0 Å². The number of rotatable bonds is 2. The summed E-state index contributed by atoms with van der Waals surface area (Å²) in [5, 5.41) is 2.97. The molecule has 0 aliphatic carbocycles. The van der Waals surface area contributed by atoms with E-state index < -0.39 is 0 Å². The van der Waals surface area contributed by atoms with E-state index in [4.69, 9.17) is 11.6 Å². The SMILES string of the molecule is O=C(Nc1cccc(Cl)n1)c1ccc[nH]1. The van der Waals surface area contributed by atoms with Gasteiger partial charge in [0.1, 0.15) is 16.7 Å². The first-order chi connectivity index (χ1) is 7.25. The normalized spacial score (nSPS) is 9.93. The number of carbonyl (C=O) groups excluding carboxylic acids is 1. The Morgan fingerprint density at radius 2 is 2.20 bits per heavy atom. The first-order valence-corrected chi connectivity index (χ1v) is 4.71. The molecule has 0 radical (unpaired) electrons. The second-order valence-corrected chi connectivity index (χ2v) is 3.27. The highest BCUT2D eigenvalue weighted by Gasteiger charge is 2.06. The van der Waals surface area contributed by atoms with Gasteiger partial charge in [-0.05, 0) is 24.3 Å². The topological polar surface area (TPSA) is 57.8 Å². The molecule has 0 aromatic carbocycles. The summed E-state index contributed by atoms with van der Waals surface area (Å²) in [6, 6.07) is 8.47. The highest BCUT2D eigenvalue weighted by molar-refractivity contribution is 6.29. The van der Waals surface area contributed by atoms with E-state index in [0.717, 1.165) is 0 Å². The number of hydrogen-bond acceptors (Lipinski definition) is 2. The maximum absolute atomic E-state index is 11.6.